The lowest BCUT2D eigenvalue weighted by Crippen LogP contribution is -2.27. The van der Waals surface area contributed by atoms with Crippen molar-refractivity contribution in [3.05, 3.63) is 81.7 Å². The lowest BCUT2D eigenvalue weighted by molar-refractivity contribution is 0.0945. The van der Waals surface area contributed by atoms with E-state index in [-0.39, 0.29) is 18.1 Å². The smallest absolute Gasteiger partial charge is 0.345 e. The number of hydrogen-bond donors (Lipinski definition) is 2. The van der Waals surface area contributed by atoms with Gasteiger partial charge in [0.1, 0.15) is 5.69 Å². The number of benzene rings is 1. The molecule has 0 saturated heterocycles. The maximum Gasteiger partial charge on any atom is 0.346 e. The van der Waals surface area contributed by atoms with Crippen molar-refractivity contribution in [2.45, 2.75) is 20.4 Å². The molecule has 6 heteroatoms. The SMILES string of the molecule is Cc1ccc(-c2cc(C(=O)NCc3ccccn3)[nH]c(=O)n2)c(C)c1. The summed E-state index contributed by atoms with van der Waals surface area (Å²) in [4.78, 5) is 34.9. The Morgan fingerprint density at radius 3 is 2.72 bits per heavy atom. The maximum absolute atomic E-state index is 12.4. The molecule has 0 radical (unpaired) electrons. The number of aryl methyl sites for hydroxylation is 2. The van der Waals surface area contributed by atoms with Crippen molar-refractivity contribution in [3.8, 4) is 11.3 Å². The summed E-state index contributed by atoms with van der Waals surface area (Å²) >= 11 is 0. The lowest BCUT2D eigenvalue weighted by atomic mass is 10.0. The van der Waals surface area contributed by atoms with Crippen molar-refractivity contribution < 1.29 is 4.79 Å². The Labute approximate surface area is 145 Å². The zero-order chi connectivity index (χ0) is 17.8. The van der Waals surface area contributed by atoms with Crippen LogP contribution in [-0.2, 0) is 6.54 Å². The van der Waals surface area contributed by atoms with Crippen molar-refractivity contribution in [1.29, 1.82) is 0 Å². The Hall–Kier alpha value is -3.28. The first-order chi connectivity index (χ1) is 12.0. The molecule has 0 spiro atoms. The van der Waals surface area contributed by atoms with Gasteiger partial charge >= 0.3 is 5.69 Å². The van der Waals surface area contributed by atoms with E-state index in [1.807, 2.05) is 50.2 Å². The minimum Gasteiger partial charge on any atom is -0.345 e. The summed E-state index contributed by atoms with van der Waals surface area (Å²) in [6.07, 6.45) is 1.66. The Kier molecular flexibility index (Phi) is 4.70. The number of nitrogens with zero attached hydrogens (tertiary/aromatic N) is 2. The normalized spacial score (nSPS) is 10.5. The molecule has 3 aromatic rings. The van der Waals surface area contributed by atoms with Crippen LogP contribution in [0.25, 0.3) is 11.3 Å². The number of aromatic nitrogens is 3. The van der Waals surface area contributed by atoms with Gasteiger partial charge in [-0.05, 0) is 37.6 Å². The van der Waals surface area contributed by atoms with E-state index in [2.05, 4.69) is 20.3 Å². The molecule has 0 aliphatic carbocycles. The predicted octanol–water partition coefficient (Wildman–Crippen LogP) is 2.38. The van der Waals surface area contributed by atoms with Crippen molar-refractivity contribution in [2.75, 3.05) is 0 Å². The Morgan fingerprint density at radius 1 is 1.16 bits per heavy atom. The summed E-state index contributed by atoms with van der Waals surface area (Å²) in [5.41, 5.74) is 3.78. The minimum atomic E-state index is -0.555. The van der Waals surface area contributed by atoms with Crippen molar-refractivity contribution in [2.24, 2.45) is 0 Å². The first-order valence-corrected chi connectivity index (χ1v) is 7.90. The molecule has 3 rings (SSSR count). The largest absolute Gasteiger partial charge is 0.346 e. The summed E-state index contributed by atoms with van der Waals surface area (Å²) in [5, 5.41) is 2.75. The topological polar surface area (TPSA) is 87.7 Å². The standard InChI is InChI=1S/C19H18N4O2/c1-12-6-7-15(13(2)9-12)16-10-17(23-19(25)22-16)18(24)21-11-14-5-3-4-8-20-14/h3-10H,11H2,1-2H3,(H,21,24)(H,22,23,25). The van der Waals surface area contributed by atoms with Gasteiger partial charge in [0.2, 0.25) is 0 Å². The molecule has 2 heterocycles. The number of nitrogens with one attached hydrogen (secondary N) is 2. The second-order valence-corrected chi connectivity index (χ2v) is 5.81. The molecule has 6 nitrogen and oxygen atoms in total. The van der Waals surface area contributed by atoms with Gasteiger partial charge in [-0.3, -0.25) is 9.78 Å². The Balaban J connectivity index is 1.86. The highest BCUT2D eigenvalue weighted by atomic mass is 16.2. The number of rotatable bonds is 4. The van der Waals surface area contributed by atoms with E-state index in [1.165, 1.54) is 0 Å². The van der Waals surface area contributed by atoms with Crippen LogP contribution in [0.2, 0.25) is 0 Å². The molecular formula is C19H18N4O2. The molecule has 0 aliphatic rings. The van der Waals surface area contributed by atoms with Crippen LogP contribution in [0.15, 0.2) is 53.5 Å². The minimum absolute atomic E-state index is 0.172. The first kappa shape index (κ1) is 16.6. The molecule has 1 aromatic carbocycles. The fraction of sp³-hybridized carbons (Fsp3) is 0.158. The average molecular weight is 334 g/mol. The van der Waals surface area contributed by atoms with Crippen LogP contribution in [0.1, 0.15) is 27.3 Å². The van der Waals surface area contributed by atoms with Gasteiger partial charge in [0.25, 0.3) is 5.91 Å². The van der Waals surface area contributed by atoms with Crippen LogP contribution in [0.5, 0.6) is 0 Å². The van der Waals surface area contributed by atoms with E-state index in [4.69, 9.17) is 0 Å². The highest BCUT2D eigenvalue weighted by Gasteiger charge is 2.12. The number of carbonyl (C=O) groups excluding carboxylic acids is 1. The molecule has 1 amide bonds. The summed E-state index contributed by atoms with van der Waals surface area (Å²) in [7, 11) is 0. The number of amides is 1. The van der Waals surface area contributed by atoms with Gasteiger partial charge in [0.15, 0.2) is 0 Å². The summed E-state index contributed by atoms with van der Waals surface area (Å²) in [6, 6.07) is 12.9. The van der Waals surface area contributed by atoms with E-state index in [0.717, 1.165) is 22.4 Å². The van der Waals surface area contributed by atoms with E-state index < -0.39 is 5.69 Å². The summed E-state index contributed by atoms with van der Waals surface area (Å²) < 4.78 is 0. The van der Waals surface area contributed by atoms with E-state index >= 15 is 0 Å². The van der Waals surface area contributed by atoms with Gasteiger partial charge in [-0.15, -0.1) is 0 Å². The van der Waals surface area contributed by atoms with Crippen LogP contribution < -0.4 is 11.0 Å². The third-order valence-electron chi connectivity index (χ3n) is 3.80. The second kappa shape index (κ2) is 7.09. The molecule has 2 aromatic heterocycles. The predicted molar refractivity (Wildman–Crippen MR) is 95.2 cm³/mol. The van der Waals surface area contributed by atoms with Crippen molar-refractivity contribution in [1.82, 2.24) is 20.3 Å². The fourth-order valence-electron chi connectivity index (χ4n) is 2.59. The number of H-pyrrole nitrogens is 1. The van der Waals surface area contributed by atoms with Gasteiger partial charge < -0.3 is 10.3 Å². The summed E-state index contributed by atoms with van der Waals surface area (Å²) in [5.74, 6) is -0.379. The molecule has 0 bridgehead atoms. The van der Waals surface area contributed by atoms with E-state index in [1.54, 1.807) is 12.3 Å². The number of pyridine rings is 1. The van der Waals surface area contributed by atoms with Crippen LogP contribution >= 0.6 is 0 Å². The third-order valence-corrected chi connectivity index (χ3v) is 3.80. The van der Waals surface area contributed by atoms with Crippen molar-refractivity contribution in [3.63, 3.8) is 0 Å². The van der Waals surface area contributed by atoms with Crippen molar-refractivity contribution >= 4 is 5.91 Å². The fourth-order valence-corrected chi connectivity index (χ4v) is 2.59. The number of hydrogen-bond acceptors (Lipinski definition) is 4. The second-order valence-electron chi connectivity index (χ2n) is 5.81. The molecule has 0 saturated carbocycles. The highest BCUT2D eigenvalue weighted by Crippen LogP contribution is 2.21. The molecule has 126 valence electrons. The molecule has 0 aliphatic heterocycles. The number of carbonyl (C=O) groups is 1. The van der Waals surface area contributed by atoms with Gasteiger partial charge in [0.05, 0.1) is 17.9 Å². The third kappa shape index (κ3) is 3.98. The molecule has 0 unspecified atom stereocenters. The summed E-state index contributed by atoms with van der Waals surface area (Å²) in [6.45, 7) is 4.23. The lowest BCUT2D eigenvalue weighted by Gasteiger charge is -2.08. The Morgan fingerprint density at radius 2 is 2.00 bits per heavy atom. The monoisotopic (exact) mass is 334 g/mol. The molecule has 2 N–H and O–H groups in total. The number of aromatic amines is 1. The quantitative estimate of drug-likeness (QED) is 0.767. The van der Waals surface area contributed by atoms with Crippen LogP contribution in [-0.4, -0.2) is 20.9 Å². The first-order valence-electron chi connectivity index (χ1n) is 7.90. The molecular weight excluding hydrogens is 316 g/mol. The van der Waals surface area contributed by atoms with E-state index in [0.29, 0.717) is 5.69 Å². The average Bonchev–Trinajstić information content (AvgIpc) is 2.60. The molecule has 0 atom stereocenters. The highest BCUT2D eigenvalue weighted by molar-refractivity contribution is 5.93. The molecule has 0 fully saturated rings. The van der Waals surface area contributed by atoms with Gasteiger partial charge in [-0.1, -0.05) is 29.8 Å². The van der Waals surface area contributed by atoms with Crippen LogP contribution in [0.3, 0.4) is 0 Å². The zero-order valence-corrected chi connectivity index (χ0v) is 14.0. The molecule has 25 heavy (non-hydrogen) atoms. The Bertz CT molecular complexity index is 965. The van der Waals surface area contributed by atoms with Gasteiger partial charge in [-0.25, -0.2) is 4.79 Å². The van der Waals surface area contributed by atoms with E-state index in [9.17, 15) is 9.59 Å². The van der Waals surface area contributed by atoms with Gasteiger partial charge in [-0.2, -0.15) is 4.98 Å². The van der Waals surface area contributed by atoms with Crippen LogP contribution in [0.4, 0.5) is 0 Å². The zero-order valence-electron chi connectivity index (χ0n) is 14.0. The van der Waals surface area contributed by atoms with Crippen LogP contribution in [0, 0.1) is 13.8 Å². The maximum atomic E-state index is 12.4. The van der Waals surface area contributed by atoms with Gasteiger partial charge in [0, 0.05) is 11.8 Å².